The summed E-state index contributed by atoms with van der Waals surface area (Å²) >= 11 is 0. The number of carbonyl (C=O) groups is 1. The molecule has 0 fully saturated rings. The molecule has 0 aliphatic carbocycles. The van der Waals surface area contributed by atoms with Crippen molar-refractivity contribution in [3.8, 4) is 5.75 Å². The first-order valence-corrected chi connectivity index (χ1v) is 6.66. The number of nitro groups is 1. The van der Waals surface area contributed by atoms with E-state index in [9.17, 15) is 14.9 Å². The van der Waals surface area contributed by atoms with Gasteiger partial charge in [-0.25, -0.2) is 0 Å². The third-order valence-corrected chi connectivity index (χ3v) is 3.55. The van der Waals surface area contributed by atoms with Gasteiger partial charge in [-0.1, -0.05) is 18.2 Å². The van der Waals surface area contributed by atoms with Crippen LogP contribution in [-0.4, -0.2) is 17.3 Å². The number of para-hydroxylation sites is 1. The Morgan fingerprint density at radius 1 is 1.24 bits per heavy atom. The van der Waals surface area contributed by atoms with Gasteiger partial charge in [-0.05, 0) is 23.8 Å². The fraction of sp³-hybridized carbons (Fsp3) is 0.188. The van der Waals surface area contributed by atoms with Crippen LogP contribution >= 0.6 is 0 Å². The molecule has 0 saturated carbocycles. The van der Waals surface area contributed by atoms with Crippen molar-refractivity contribution in [3.63, 3.8) is 0 Å². The van der Waals surface area contributed by atoms with Gasteiger partial charge in [-0.2, -0.15) is 0 Å². The van der Waals surface area contributed by atoms with Crippen molar-refractivity contribution < 1.29 is 14.5 Å². The third-order valence-electron chi connectivity index (χ3n) is 3.55. The number of hydrogen-bond donors (Lipinski definition) is 0. The van der Waals surface area contributed by atoms with Crippen molar-refractivity contribution in [3.05, 3.63) is 69.3 Å². The van der Waals surface area contributed by atoms with Gasteiger partial charge in [0, 0.05) is 30.0 Å². The largest absolute Gasteiger partial charge is 0.493 e. The molecular formula is C16H13NO4. The van der Waals surface area contributed by atoms with Crippen LogP contribution in [0.2, 0.25) is 0 Å². The second-order valence-electron chi connectivity index (χ2n) is 4.91. The van der Waals surface area contributed by atoms with E-state index in [1.54, 1.807) is 30.3 Å². The van der Waals surface area contributed by atoms with E-state index < -0.39 is 4.92 Å². The molecule has 1 aliphatic heterocycles. The van der Waals surface area contributed by atoms with E-state index in [1.165, 1.54) is 6.07 Å². The normalized spacial score (nSPS) is 12.6. The molecule has 5 heteroatoms. The van der Waals surface area contributed by atoms with Gasteiger partial charge in [-0.3, -0.25) is 14.9 Å². The zero-order valence-electron chi connectivity index (χ0n) is 11.2. The summed E-state index contributed by atoms with van der Waals surface area (Å²) in [4.78, 5) is 22.8. The second-order valence-corrected chi connectivity index (χ2v) is 4.91. The molecule has 0 spiro atoms. The summed E-state index contributed by atoms with van der Waals surface area (Å²) in [6.07, 6.45) is 0.818. The summed E-state index contributed by atoms with van der Waals surface area (Å²) < 4.78 is 5.40. The van der Waals surface area contributed by atoms with E-state index in [2.05, 4.69) is 0 Å². The van der Waals surface area contributed by atoms with Gasteiger partial charge < -0.3 is 4.74 Å². The Morgan fingerprint density at radius 3 is 2.86 bits per heavy atom. The minimum absolute atomic E-state index is 0.0182. The monoisotopic (exact) mass is 283 g/mol. The Balaban J connectivity index is 1.85. The van der Waals surface area contributed by atoms with E-state index in [1.807, 2.05) is 6.07 Å². The number of fused-ring (bicyclic) bond motifs is 1. The lowest BCUT2D eigenvalue weighted by molar-refractivity contribution is -0.385. The number of Topliss-reactive ketones (excluding diaryl/α,β-unsaturated/α-hetero) is 1. The van der Waals surface area contributed by atoms with Crippen molar-refractivity contribution in [2.45, 2.75) is 12.8 Å². The van der Waals surface area contributed by atoms with Crippen LogP contribution in [0, 0.1) is 10.1 Å². The summed E-state index contributed by atoms with van der Waals surface area (Å²) in [7, 11) is 0. The zero-order valence-corrected chi connectivity index (χ0v) is 11.2. The predicted molar refractivity (Wildman–Crippen MR) is 76.8 cm³/mol. The number of ketones is 1. The number of carbonyl (C=O) groups excluding carboxylic acids is 1. The van der Waals surface area contributed by atoms with Gasteiger partial charge in [0.2, 0.25) is 0 Å². The minimum Gasteiger partial charge on any atom is -0.493 e. The molecule has 0 unspecified atom stereocenters. The highest BCUT2D eigenvalue weighted by Gasteiger charge is 2.19. The molecule has 2 aromatic carbocycles. The Morgan fingerprint density at radius 2 is 2.05 bits per heavy atom. The van der Waals surface area contributed by atoms with Crippen molar-refractivity contribution in [1.29, 1.82) is 0 Å². The van der Waals surface area contributed by atoms with Crippen LogP contribution in [0.5, 0.6) is 5.75 Å². The summed E-state index contributed by atoms with van der Waals surface area (Å²) in [6.45, 7) is 0.636. The van der Waals surface area contributed by atoms with Crippen LogP contribution in [0.4, 0.5) is 5.69 Å². The highest BCUT2D eigenvalue weighted by atomic mass is 16.6. The van der Waals surface area contributed by atoms with E-state index in [4.69, 9.17) is 4.74 Å². The standard InChI is InChI=1S/C16H13NO4/c18-15(10-11-3-1-2-4-14(11)17(19)20)12-5-6-16-13(9-12)7-8-21-16/h1-6,9H,7-8,10H2. The molecule has 3 rings (SSSR count). The molecule has 0 N–H and O–H groups in total. The fourth-order valence-electron chi connectivity index (χ4n) is 2.47. The first-order valence-electron chi connectivity index (χ1n) is 6.66. The predicted octanol–water partition coefficient (Wildman–Crippen LogP) is 2.96. The minimum atomic E-state index is -0.459. The maximum Gasteiger partial charge on any atom is 0.273 e. The quantitative estimate of drug-likeness (QED) is 0.491. The van der Waals surface area contributed by atoms with Crippen LogP contribution in [-0.2, 0) is 12.8 Å². The average molecular weight is 283 g/mol. The second kappa shape index (κ2) is 5.36. The molecule has 5 nitrogen and oxygen atoms in total. The molecular weight excluding hydrogens is 270 g/mol. The first kappa shape index (κ1) is 13.3. The van der Waals surface area contributed by atoms with Gasteiger partial charge >= 0.3 is 0 Å². The number of hydrogen-bond acceptors (Lipinski definition) is 4. The fourth-order valence-corrected chi connectivity index (χ4v) is 2.47. The number of benzene rings is 2. The van der Waals surface area contributed by atoms with Crippen LogP contribution in [0.15, 0.2) is 42.5 Å². The van der Waals surface area contributed by atoms with E-state index >= 15 is 0 Å². The summed E-state index contributed by atoms with van der Waals surface area (Å²) in [5, 5.41) is 11.0. The lowest BCUT2D eigenvalue weighted by Crippen LogP contribution is -2.06. The Hall–Kier alpha value is -2.69. The third kappa shape index (κ3) is 2.63. The molecule has 1 aliphatic rings. The molecule has 1 heterocycles. The number of ether oxygens (including phenoxy) is 1. The first-order chi connectivity index (χ1) is 10.1. The summed E-state index contributed by atoms with van der Waals surface area (Å²) in [5.41, 5.74) is 2.00. The summed E-state index contributed by atoms with van der Waals surface area (Å²) in [5.74, 6) is 0.691. The average Bonchev–Trinajstić information content (AvgIpc) is 2.94. The molecule has 106 valence electrons. The lowest BCUT2D eigenvalue weighted by atomic mass is 9.99. The zero-order chi connectivity index (χ0) is 14.8. The Labute approximate surface area is 121 Å². The molecule has 0 bridgehead atoms. The maximum atomic E-state index is 12.3. The highest BCUT2D eigenvalue weighted by molar-refractivity contribution is 5.98. The van der Waals surface area contributed by atoms with Crippen molar-refractivity contribution in [2.24, 2.45) is 0 Å². The number of nitrogens with zero attached hydrogens (tertiary/aromatic N) is 1. The SMILES string of the molecule is O=C(Cc1ccccc1[N+](=O)[O-])c1ccc2c(c1)CCO2. The van der Waals surface area contributed by atoms with Crippen LogP contribution in [0.1, 0.15) is 21.5 Å². The van der Waals surface area contributed by atoms with Crippen LogP contribution < -0.4 is 4.74 Å². The van der Waals surface area contributed by atoms with Crippen LogP contribution in [0.25, 0.3) is 0 Å². The Kier molecular flexibility index (Phi) is 3.39. The van der Waals surface area contributed by atoms with E-state index in [0.717, 1.165) is 17.7 Å². The molecule has 0 atom stereocenters. The maximum absolute atomic E-state index is 12.3. The lowest BCUT2D eigenvalue weighted by Gasteiger charge is -2.05. The van der Waals surface area contributed by atoms with E-state index in [0.29, 0.717) is 17.7 Å². The smallest absolute Gasteiger partial charge is 0.273 e. The van der Waals surface area contributed by atoms with Crippen LogP contribution in [0.3, 0.4) is 0 Å². The summed E-state index contributed by atoms with van der Waals surface area (Å²) in [6, 6.07) is 11.6. The van der Waals surface area contributed by atoms with Crippen molar-refractivity contribution >= 4 is 11.5 Å². The topological polar surface area (TPSA) is 69.4 Å². The molecule has 0 radical (unpaired) electrons. The van der Waals surface area contributed by atoms with Crippen molar-refractivity contribution in [1.82, 2.24) is 0 Å². The molecule has 21 heavy (non-hydrogen) atoms. The van der Waals surface area contributed by atoms with Gasteiger partial charge in [0.05, 0.1) is 11.5 Å². The van der Waals surface area contributed by atoms with Gasteiger partial charge in [0.25, 0.3) is 5.69 Å². The molecule has 0 amide bonds. The van der Waals surface area contributed by atoms with Crippen molar-refractivity contribution in [2.75, 3.05) is 6.61 Å². The molecule has 0 saturated heterocycles. The van der Waals surface area contributed by atoms with Gasteiger partial charge in [0.1, 0.15) is 5.75 Å². The van der Waals surface area contributed by atoms with E-state index in [-0.39, 0.29) is 17.9 Å². The number of rotatable bonds is 4. The van der Waals surface area contributed by atoms with Gasteiger partial charge in [-0.15, -0.1) is 0 Å². The molecule has 0 aromatic heterocycles. The number of nitro benzene ring substituents is 1. The molecule has 2 aromatic rings. The highest BCUT2D eigenvalue weighted by Crippen LogP contribution is 2.27. The Bertz CT molecular complexity index is 724. The van der Waals surface area contributed by atoms with Gasteiger partial charge in [0.15, 0.2) is 5.78 Å².